The molecule has 0 saturated heterocycles. The second-order valence-corrected chi connectivity index (χ2v) is 4.19. The Morgan fingerprint density at radius 1 is 1.00 bits per heavy atom. The van der Waals surface area contributed by atoms with Crippen molar-refractivity contribution < 1.29 is 14.6 Å². The van der Waals surface area contributed by atoms with Gasteiger partial charge in [0.05, 0.1) is 12.2 Å². The Balaban J connectivity index is 0.000000240. The van der Waals surface area contributed by atoms with Gasteiger partial charge in [-0.05, 0) is 30.7 Å². The van der Waals surface area contributed by atoms with Crippen molar-refractivity contribution in [1.82, 2.24) is 0 Å². The van der Waals surface area contributed by atoms with Crippen molar-refractivity contribution in [1.29, 1.82) is 0 Å². The van der Waals surface area contributed by atoms with E-state index in [1.165, 1.54) is 0 Å². The van der Waals surface area contributed by atoms with Gasteiger partial charge in [0.1, 0.15) is 5.75 Å². The molecule has 0 bridgehead atoms. The molecule has 20 heavy (non-hydrogen) atoms. The van der Waals surface area contributed by atoms with E-state index in [2.05, 4.69) is 6.92 Å². The second kappa shape index (κ2) is 9.62. The first-order valence-corrected chi connectivity index (χ1v) is 6.70. The van der Waals surface area contributed by atoms with Crippen LogP contribution in [0.5, 0.6) is 5.75 Å². The molecule has 2 aromatic carbocycles. The molecule has 0 unspecified atom stereocenters. The van der Waals surface area contributed by atoms with Gasteiger partial charge in [0.25, 0.3) is 0 Å². The number of carbonyl (C=O) groups excluding carboxylic acids is 1. The Morgan fingerprint density at radius 2 is 1.55 bits per heavy atom. The topological polar surface area (TPSA) is 46.5 Å². The summed E-state index contributed by atoms with van der Waals surface area (Å²) in [5.74, 6) is 0.0940. The molecule has 0 radical (unpaired) electrons. The number of hydrogen-bond acceptors (Lipinski definition) is 3. The number of rotatable bonds is 4. The van der Waals surface area contributed by atoms with Gasteiger partial charge in [-0.2, -0.15) is 0 Å². The molecule has 0 atom stereocenters. The van der Waals surface area contributed by atoms with Gasteiger partial charge >= 0.3 is 5.97 Å². The quantitative estimate of drug-likeness (QED) is 0.675. The number of benzene rings is 2. The number of para-hydroxylation sites is 1. The van der Waals surface area contributed by atoms with Gasteiger partial charge < -0.3 is 9.84 Å². The Bertz CT molecular complexity index is 480. The molecular weight excluding hydrogens is 252 g/mol. The maximum atomic E-state index is 11.3. The number of phenolic OH excluding ortho intramolecular Hbond substituents is 1. The third-order valence-corrected chi connectivity index (χ3v) is 2.50. The van der Waals surface area contributed by atoms with E-state index >= 15 is 0 Å². The number of phenols is 1. The predicted molar refractivity (Wildman–Crippen MR) is 79.7 cm³/mol. The molecular formula is C17H20O3. The van der Waals surface area contributed by atoms with Crippen LogP contribution in [0.2, 0.25) is 0 Å². The van der Waals surface area contributed by atoms with Gasteiger partial charge in [-0.25, -0.2) is 4.79 Å². The molecule has 0 heterocycles. The minimum absolute atomic E-state index is 0.228. The lowest BCUT2D eigenvalue weighted by Gasteiger charge is -2.02. The van der Waals surface area contributed by atoms with E-state index in [0.29, 0.717) is 17.9 Å². The first kappa shape index (κ1) is 15.8. The van der Waals surface area contributed by atoms with Crippen LogP contribution >= 0.6 is 0 Å². The average Bonchev–Trinajstić information content (AvgIpc) is 2.50. The number of ether oxygens (including phenoxy) is 1. The van der Waals surface area contributed by atoms with Crippen molar-refractivity contribution in [2.24, 2.45) is 0 Å². The molecule has 3 heteroatoms. The fourth-order valence-electron chi connectivity index (χ4n) is 1.39. The summed E-state index contributed by atoms with van der Waals surface area (Å²) >= 11 is 0. The van der Waals surface area contributed by atoms with Crippen LogP contribution in [0.15, 0.2) is 60.7 Å². The van der Waals surface area contributed by atoms with E-state index in [4.69, 9.17) is 9.84 Å². The summed E-state index contributed by atoms with van der Waals surface area (Å²) in [6.45, 7) is 2.58. The molecule has 0 fully saturated rings. The highest BCUT2D eigenvalue weighted by Gasteiger charge is 2.03. The van der Waals surface area contributed by atoms with Gasteiger partial charge in [-0.1, -0.05) is 49.7 Å². The van der Waals surface area contributed by atoms with Crippen LogP contribution in [-0.2, 0) is 4.74 Å². The lowest BCUT2D eigenvalue weighted by molar-refractivity contribution is 0.0500. The molecule has 2 aromatic rings. The summed E-state index contributed by atoms with van der Waals surface area (Å²) < 4.78 is 5.03. The highest BCUT2D eigenvalue weighted by molar-refractivity contribution is 5.89. The molecule has 106 valence electrons. The number of aromatic hydroxyl groups is 1. The number of esters is 1. The summed E-state index contributed by atoms with van der Waals surface area (Å²) in [6, 6.07) is 17.8. The SMILES string of the molecule is CCCCOC(=O)c1ccccc1.Oc1ccccc1. The molecule has 0 aliphatic carbocycles. The summed E-state index contributed by atoms with van der Waals surface area (Å²) in [7, 11) is 0. The number of unbranched alkanes of at least 4 members (excludes halogenated alkanes) is 1. The normalized spacial score (nSPS) is 9.25. The van der Waals surface area contributed by atoms with Gasteiger partial charge in [0, 0.05) is 0 Å². The van der Waals surface area contributed by atoms with E-state index in [1.807, 2.05) is 24.3 Å². The van der Waals surface area contributed by atoms with Crippen molar-refractivity contribution >= 4 is 5.97 Å². The van der Waals surface area contributed by atoms with Crippen LogP contribution in [0.1, 0.15) is 30.1 Å². The fourth-order valence-corrected chi connectivity index (χ4v) is 1.39. The van der Waals surface area contributed by atoms with Crippen LogP contribution in [-0.4, -0.2) is 17.7 Å². The maximum Gasteiger partial charge on any atom is 0.338 e. The minimum atomic E-state index is -0.228. The van der Waals surface area contributed by atoms with Crippen molar-refractivity contribution in [3.8, 4) is 5.75 Å². The standard InChI is InChI=1S/C11H14O2.C6H6O/c1-2-3-9-13-11(12)10-7-5-4-6-8-10;7-6-4-2-1-3-5-6/h4-8H,2-3,9H2,1H3;1-5,7H. The zero-order valence-corrected chi connectivity index (χ0v) is 11.7. The minimum Gasteiger partial charge on any atom is -0.508 e. The van der Waals surface area contributed by atoms with E-state index in [-0.39, 0.29) is 5.97 Å². The summed E-state index contributed by atoms with van der Waals surface area (Å²) in [5, 5.41) is 8.63. The zero-order chi connectivity index (χ0) is 14.6. The summed E-state index contributed by atoms with van der Waals surface area (Å²) in [5.41, 5.74) is 0.624. The smallest absolute Gasteiger partial charge is 0.338 e. The van der Waals surface area contributed by atoms with Crippen LogP contribution < -0.4 is 0 Å². The van der Waals surface area contributed by atoms with Crippen LogP contribution in [0.3, 0.4) is 0 Å². The molecule has 0 spiro atoms. The van der Waals surface area contributed by atoms with Gasteiger partial charge in [0.2, 0.25) is 0 Å². The first-order chi connectivity index (χ1) is 9.74. The third-order valence-electron chi connectivity index (χ3n) is 2.50. The molecule has 2 rings (SSSR count). The maximum absolute atomic E-state index is 11.3. The molecule has 0 aromatic heterocycles. The lowest BCUT2D eigenvalue weighted by atomic mass is 10.2. The lowest BCUT2D eigenvalue weighted by Crippen LogP contribution is -2.05. The summed E-state index contributed by atoms with van der Waals surface area (Å²) in [6.07, 6.45) is 1.97. The Labute approximate surface area is 119 Å². The Kier molecular flexibility index (Phi) is 7.58. The molecule has 0 amide bonds. The average molecular weight is 272 g/mol. The molecule has 3 nitrogen and oxygen atoms in total. The highest BCUT2D eigenvalue weighted by Crippen LogP contribution is 2.03. The van der Waals surface area contributed by atoms with Crippen LogP contribution in [0, 0.1) is 0 Å². The van der Waals surface area contributed by atoms with E-state index in [1.54, 1.807) is 36.4 Å². The third kappa shape index (κ3) is 6.59. The molecule has 0 aliphatic heterocycles. The fraction of sp³-hybridized carbons (Fsp3) is 0.235. The number of hydrogen-bond donors (Lipinski definition) is 1. The molecule has 0 saturated carbocycles. The van der Waals surface area contributed by atoms with Crippen LogP contribution in [0.25, 0.3) is 0 Å². The Hall–Kier alpha value is -2.29. The molecule has 1 N–H and O–H groups in total. The largest absolute Gasteiger partial charge is 0.508 e. The van der Waals surface area contributed by atoms with Gasteiger partial charge in [0.15, 0.2) is 0 Å². The Morgan fingerprint density at radius 3 is 2.00 bits per heavy atom. The van der Waals surface area contributed by atoms with Crippen molar-refractivity contribution in [2.45, 2.75) is 19.8 Å². The van der Waals surface area contributed by atoms with E-state index in [0.717, 1.165) is 12.8 Å². The molecule has 0 aliphatic rings. The van der Waals surface area contributed by atoms with Gasteiger partial charge in [-0.15, -0.1) is 0 Å². The number of carbonyl (C=O) groups is 1. The summed E-state index contributed by atoms with van der Waals surface area (Å²) in [4.78, 5) is 11.3. The predicted octanol–water partition coefficient (Wildman–Crippen LogP) is 4.04. The van der Waals surface area contributed by atoms with Crippen molar-refractivity contribution in [2.75, 3.05) is 6.61 Å². The second-order valence-electron chi connectivity index (χ2n) is 4.19. The monoisotopic (exact) mass is 272 g/mol. The highest BCUT2D eigenvalue weighted by atomic mass is 16.5. The van der Waals surface area contributed by atoms with E-state index in [9.17, 15) is 4.79 Å². The zero-order valence-electron chi connectivity index (χ0n) is 11.7. The van der Waals surface area contributed by atoms with Crippen molar-refractivity contribution in [3.05, 3.63) is 66.2 Å². The van der Waals surface area contributed by atoms with Crippen LogP contribution in [0.4, 0.5) is 0 Å². The van der Waals surface area contributed by atoms with E-state index < -0.39 is 0 Å². The first-order valence-electron chi connectivity index (χ1n) is 6.70. The van der Waals surface area contributed by atoms with Gasteiger partial charge in [-0.3, -0.25) is 0 Å². The van der Waals surface area contributed by atoms with Crippen molar-refractivity contribution in [3.63, 3.8) is 0 Å².